The van der Waals surface area contributed by atoms with E-state index in [2.05, 4.69) is 5.32 Å². The molecule has 2 rings (SSSR count). The van der Waals surface area contributed by atoms with Gasteiger partial charge in [-0.25, -0.2) is 4.79 Å². The Hall–Kier alpha value is -2.65. The van der Waals surface area contributed by atoms with Crippen molar-refractivity contribution < 1.29 is 33.3 Å². The van der Waals surface area contributed by atoms with Crippen LogP contribution in [0.3, 0.4) is 0 Å². The third-order valence-electron chi connectivity index (χ3n) is 4.42. The normalized spacial score (nSPS) is 14.3. The van der Waals surface area contributed by atoms with Gasteiger partial charge in [-0.3, -0.25) is 9.59 Å². The first-order valence-corrected chi connectivity index (χ1v) is 9.63. The summed E-state index contributed by atoms with van der Waals surface area (Å²) >= 11 is 0. The van der Waals surface area contributed by atoms with Gasteiger partial charge in [0.2, 0.25) is 5.91 Å². The van der Waals surface area contributed by atoms with Gasteiger partial charge in [0.05, 0.1) is 19.8 Å². The van der Waals surface area contributed by atoms with Crippen LogP contribution >= 0.6 is 0 Å². The highest BCUT2D eigenvalue weighted by molar-refractivity contribution is 5.94. The first-order chi connectivity index (χ1) is 14.0. The van der Waals surface area contributed by atoms with Crippen molar-refractivity contribution in [3.8, 4) is 5.75 Å². The summed E-state index contributed by atoms with van der Waals surface area (Å²) in [6, 6.07) is 6.24. The van der Waals surface area contributed by atoms with Crippen molar-refractivity contribution in [1.82, 2.24) is 10.2 Å². The highest BCUT2D eigenvalue weighted by atomic mass is 16.7. The molecule has 29 heavy (non-hydrogen) atoms. The molecule has 1 heterocycles. The van der Waals surface area contributed by atoms with Gasteiger partial charge in [-0.05, 0) is 44.0 Å². The fourth-order valence-electron chi connectivity index (χ4n) is 2.85. The van der Waals surface area contributed by atoms with E-state index >= 15 is 0 Å². The first kappa shape index (κ1) is 22.6. The maximum Gasteiger partial charge on any atom is 0.513 e. The first-order valence-electron chi connectivity index (χ1n) is 9.63. The third kappa shape index (κ3) is 7.71. The van der Waals surface area contributed by atoms with Crippen molar-refractivity contribution >= 4 is 18.0 Å². The van der Waals surface area contributed by atoms with E-state index in [0.717, 1.165) is 0 Å². The minimum atomic E-state index is -0.782. The van der Waals surface area contributed by atoms with E-state index in [1.807, 2.05) is 0 Å². The second-order valence-corrected chi connectivity index (χ2v) is 6.48. The maximum atomic E-state index is 12.4. The van der Waals surface area contributed by atoms with E-state index in [9.17, 15) is 14.4 Å². The predicted molar refractivity (Wildman–Crippen MR) is 104 cm³/mol. The Bertz CT molecular complexity index is 670. The molecule has 0 spiro atoms. The predicted octanol–water partition coefficient (Wildman–Crippen LogP) is 1.61. The number of nitrogens with zero attached hydrogens (tertiary/aromatic N) is 1. The minimum absolute atomic E-state index is 0.00332. The smallest absolute Gasteiger partial charge is 0.434 e. The van der Waals surface area contributed by atoms with Crippen LogP contribution in [-0.4, -0.2) is 75.5 Å². The van der Waals surface area contributed by atoms with Gasteiger partial charge in [0.25, 0.3) is 5.91 Å². The van der Waals surface area contributed by atoms with Crippen LogP contribution < -0.4 is 10.1 Å². The van der Waals surface area contributed by atoms with E-state index in [0.29, 0.717) is 50.5 Å². The molecule has 0 atom stereocenters. The number of amides is 2. The standard InChI is InChI=1S/C20H28N2O7/c1-3-28-20(25)29-17-6-4-15(5-7-17)19(24)21-16-8-10-22(11-9-16)18(23)14-27-13-12-26-2/h4-7,16H,3,8-14H2,1-2H3,(H,21,24). The molecule has 1 aliphatic heterocycles. The van der Waals surface area contributed by atoms with Crippen molar-refractivity contribution in [2.75, 3.05) is 46.6 Å². The number of likely N-dealkylation sites (tertiary alicyclic amines) is 1. The monoisotopic (exact) mass is 408 g/mol. The highest BCUT2D eigenvalue weighted by Gasteiger charge is 2.24. The summed E-state index contributed by atoms with van der Waals surface area (Å²) in [7, 11) is 1.58. The van der Waals surface area contributed by atoms with Crippen LogP contribution in [0.5, 0.6) is 5.75 Å². The Balaban J connectivity index is 1.73. The molecule has 0 aromatic heterocycles. The molecule has 0 unspecified atom stereocenters. The average molecular weight is 408 g/mol. The van der Waals surface area contributed by atoms with Gasteiger partial charge in [-0.1, -0.05) is 0 Å². The molecule has 1 fully saturated rings. The zero-order valence-corrected chi connectivity index (χ0v) is 16.8. The molecule has 0 aliphatic carbocycles. The summed E-state index contributed by atoms with van der Waals surface area (Å²) < 4.78 is 19.8. The Morgan fingerprint density at radius 3 is 2.41 bits per heavy atom. The Morgan fingerprint density at radius 2 is 1.79 bits per heavy atom. The number of hydrogen-bond acceptors (Lipinski definition) is 7. The van der Waals surface area contributed by atoms with Gasteiger partial charge in [0, 0.05) is 31.8 Å². The zero-order valence-electron chi connectivity index (χ0n) is 16.8. The van der Waals surface area contributed by atoms with E-state index < -0.39 is 6.16 Å². The maximum absolute atomic E-state index is 12.4. The third-order valence-corrected chi connectivity index (χ3v) is 4.42. The van der Waals surface area contributed by atoms with Crippen molar-refractivity contribution in [2.45, 2.75) is 25.8 Å². The number of hydrogen-bond donors (Lipinski definition) is 1. The van der Waals surface area contributed by atoms with Crippen LogP contribution in [0.1, 0.15) is 30.1 Å². The number of carbonyl (C=O) groups excluding carboxylic acids is 3. The number of ether oxygens (including phenoxy) is 4. The van der Waals surface area contributed by atoms with Crippen LogP contribution in [0.25, 0.3) is 0 Å². The molecular formula is C20H28N2O7. The van der Waals surface area contributed by atoms with E-state index in [-0.39, 0.29) is 31.1 Å². The molecule has 9 nitrogen and oxygen atoms in total. The zero-order chi connectivity index (χ0) is 21.1. The van der Waals surface area contributed by atoms with Crippen molar-refractivity contribution in [3.05, 3.63) is 29.8 Å². The summed E-state index contributed by atoms with van der Waals surface area (Å²) in [5.41, 5.74) is 0.464. The van der Waals surface area contributed by atoms with Crippen LogP contribution in [-0.2, 0) is 19.0 Å². The lowest BCUT2D eigenvalue weighted by Gasteiger charge is -2.32. The Morgan fingerprint density at radius 1 is 1.10 bits per heavy atom. The summed E-state index contributed by atoms with van der Waals surface area (Å²) in [4.78, 5) is 37.5. The molecule has 9 heteroatoms. The van der Waals surface area contributed by atoms with Gasteiger partial charge in [-0.15, -0.1) is 0 Å². The number of nitrogens with one attached hydrogen (secondary N) is 1. The van der Waals surface area contributed by atoms with Crippen LogP contribution in [0.4, 0.5) is 4.79 Å². The summed E-state index contributed by atoms with van der Waals surface area (Å²) in [6.07, 6.45) is 0.578. The topological polar surface area (TPSA) is 103 Å². The number of rotatable bonds is 9. The Kier molecular flexibility index (Phi) is 9.39. The molecule has 1 aromatic carbocycles. The second-order valence-electron chi connectivity index (χ2n) is 6.48. The van der Waals surface area contributed by atoms with E-state index in [1.54, 1.807) is 31.1 Å². The van der Waals surface area contributed by atoms with Gasteiger partial charge >= 0.3 is 6.16 Å². The Labute approximate surface area is 170 Å². The van der Waals surface area contributed by atoms with Gasteiger partial charge in [0.15, 0.2) is 0 Å². The molecule has 160 valence electrons. The molecule has 1 aliphatic rings. The minimum Gasteiger partial charge on any atom is -0.434 e. The van der Waals surface area contributed by atoms with Crippen molar-refractivity contribution in [3.63, 3.8) is 0 Å². The molecule has 2 amide bonds. The van der Waals surface area contributed by atoms with Crippen LogP contribution in [0.2, 0.25) is 0 Å². The largest absolute Gasteiger partial charge is 0.513 e. The summed E-state index contributed by atoms with van der Waals surface area (Å²) in [5, 5.41) is 2.98. The van der Waals surface area contributed by atoms with E-state index in [4.69, 9.17) is 18.9 Å². The van der Waals surface area contributed by atoms with Crippen LogP contribution in [0.15, 0.2) is 24.3 Å². The SMILES string of the molecule is CCOC(=O)Oc1ccc(C(=O)NC2CCN(C(=O)COCCOC)CC2)cc1. The molecule has 1 saturated heterocycles. The fraction of sp³-hybridized carbons (Fsp3) is 0.550. The molecule has 1 aromatic rings. The number of carbonyl (C=O) groups is 3. The van der Waals surface area contributed by atoms with Crippen molar-refractivity contribution in [1.29, 1.82) is 0 Å². The van der Waals surface area contributed by atoms with Crippen LogP contribution in [0, 0.1) is 0 Å². The molecular weight excluding hydrogens is 380 g/mol. The molecule has 1 N–H and O–H groups in total. The molecule has 0 saturated carbocycles. The van der Waals surface area contributed by atoms with Crippen molar-refractivity contribution in [2.24, 2.45) is 0 Å². The molecule has 0 radical (unpaired) electrons. The lowest BCUT2D eigenvalue weighted by molar-refractivity contribution is -0.137. The number of benzene rings is 1. The summed E-state index contributed by atoms with van der Waals surface area (Å²) in [5.74, 6) is 0.0444. The fourth-order valence-corrected chi connectivity index (χ4v) is 2.85. The van der Waals surface area contributed by atoms with Gasteiger partial charge < -0.3 is 29.2 Å². The lowest BCUT2D eigenvalue weighted by Crippen LogP contribution is -2.47. The number of methoxy groups -OCH3 is 1. The van der Waals surface area contributed by atoms with E-state index in [1.165, 1.54) is 12.1 Å². The quantitative estimate of drug-likeness (QED) is 0.376. The second kappa shape index (κ2) is 12.0. The van der Waals surface area contributed by atoms with Gasteiger partial charge in [0.1, 0.15) is 12.4 Å². The van der Waals surface area contributed by atoms with Gasteiger partial charge in [-0.2, -0.15) is 0 Å². The highest BCUT2D eigenvalue weighted by Crippen LogP contribution is 2.15. The summed E-state index contributed by atoms with van der Waals surface area (Å²) in [6.45, 7) is 3.94. The lowest BCUT2D eigenvalue weighted by atomic mass is 10.0. The average Bonchev–Trinajstić information content (AvgIpc) is 2.72. The number of piperidine rings is 1. The molecule has 0 bridgehead atoms.